The van der Waals surface area contributed by atoms with Crippen LogP contribution in [0.15, 0.2) is 48.5 Å². The predicted octanol–water partition coefficient (Wildman–Crippen LogP) is 5.63. The molecule has 0 amide bonds. The van der Waals surface area contributed by atoms with Crippen LogP contribution in [-0.4, -0.2) is 12.6 Å². The third-order valence-corrected chi connectivity index (χ3v) is 4.31. The highest BCUT2D eigenvalue weighted by atomic mass is 16.5. The van der Waals surface area contributed by atoms with Gasteiger partial charge in [-0.05, 0) is 56.4 Å². The Bertz CT molecular complexity index is 661. The standard InChI is InChI=1S/C23H30O3/c1-3-25-23(24)12-7-5-4-6-10-20-13-15-22(16-14-20)26-18-21-11-8-9-19(2)17-21/h8-9,11,13-17H,3-7,10,12,18H2,1-2H3. The molecule has 2 aromatic rings. The van der Waals surface area contributed by atoms with Crippen LogP contribution < -0.4 is 4.74 Å². The van der Waals surface area contributed by atoms with E-state index in [1.807, 2.05) is 19.1 Å². The van der Waals surface area contributed by atoms with Gasteiger partial charge in [-0.15, -0.1) is 0 Å². The molecule has 0 radical (unpaired) electrons. The van der Waals surface area contributed by atoms with E-state index in [0.717, 1.165) is 37.9 Å². The molecule has 0 aliphatic carbocycles. The van der Waals surface area contributed by atoms with Gasteiger partial charge in [0.25, 0.3) is 0 Å². The first-order valence-electron chi connectivity index (χ1n) is 9.60. The van der Waals surface area contributed by atoms with Gasteiger partial charge in [-0.25, -0.2) is 0 Å². The molecule has 0 aromatic heterocycles. The van der Waals surface area contributed by atoms with Crippen LogP contribution in [0.5, 0.6) is 5.75 Å². The average Bonchev–Trinajstić information content (AvgIpc) is 2.64. The molecule has 3 nitrogen and oxygen atoms in total. The van der Waals surface area contributed by atoms with Crippen molar-refractivity contribution in [1.82, 2.24) is 0 Å². The number of rotatable bonds is 11. The van der Waals surface area contributed by atoms with Crippen molar-refractivity contribution < 1.29 is 14.3 Å². The maximum atomic E-state index is 11.3. The zero-order valence-corrected chi connectivity index (χ0v) is 16.0. The number of hydrogen-bond acceptors (Lipinski definition) is 3. The van der Waals surface area contributed by atoms with Gasteiger partial charge in [0, 0.05) is 6.42 Å². The summed E-state index contributed by atoms with van der Waals surface area (Å²) in [6, 6.07) is 16.8. The number of aryl methyl sites for hydroxylation is 2. The van der Waals surface area contributed by atoms with Gasteiger partial charge in [0.1, 0.15) is 12.4 Å². The van der Waals surface area contributed by atoms with Gasteiger partial charge in [-0.3, -0.25) is 4.79 Å². The smallest absolute Gasteiger partial charge is 0.305 e. The third-order valence-electron chi connectivity index (χ3n) is 4.31. The maximum absolute atomic E-state index is 11.3. The largest absolute Gasteiger partial charge is 0.489 e. The van der Waals surface area contributed by atoms with E-state index >= 15 is 0 Å². The monoisotopic (exact) mass is 354 g/mol. The van der Waals surface area contributed by atoms with Crippen LogP contribution in [0.3, 0.4) is 0 Å². The van der Waals surface area contributed by atoms with Gasteiger partial charge in [0.05, 0.1) is 6.61 Å². The topological polar surface area (TPSA) is 35.5 Å². The zero-order valence-electron chi connectivity index (χ0n) is 16.0. The van der Waals surface area contributed by atoms with Gasteiger partial charge in [0.2, 0.25) is 0 Å². The van der Waals surface area contributed by atoms with Crippen LogP contribution in [0.4, 0.5) is 0 Å². The van der Waals surface area contributed by atoms with Crippen LogP contribution >= 0.6 is 0 Å². The Morgan fingerprint density at radius 1 is 0.923 bits per heavy atom. The van der Waals surface area contributed by atoms with Crippen LogP contribution in [-0.2, 0) is 22.6 Å². The highest BCUT2D eigenvalue weighted by Gasteiger charge is 2.01. The second kappa shape index (κ2) is 11.3. The number of carbonyl (C=O) groups excluding carboxylic acids is 1. The first-order valence-corrected chi connectivity index (χ1v) is 9.60. The molecule has 0 unspecified atom stereocenters. The lowest BCUT2D eigenvalue weighted by molar-refractivity contribution is -0.143. The quantitative estimate of drug-likeness (QED) is 0.387. The van der Waals surface area contributed by atoms with E-state index in [4.69, 9.17) is 9.47 Å². The van der Waals surface area contributed by atoms with E-state index in [-0.39, 0.29) is 5.97 Å². The lowest BCUT2D eigenvalue weighted by atomic mass is 10.1. The van der Waals surface area contributed by atoms with Crippen molar-refractivity contribution in [3.05, 3.63) is 65.2 Å². The molecule has 26 heavy (non-hydrogen) atoms. The van der Waals surface area contributed by atoms with Gasteiger partial charge in [0.15, 0.2) is 0 Å². The minimum absolute atomic E-state index is 0.0752. The number of benzene rings is 2. The molecule has 0 fully saturated rings. The summed E-state index contributed by atoms with van der Waals surface area (Å²) < 4.78 is 10.8. The highest BCUT2D eigenvalue weighted by Crippen LogP contribution is 2.16. The van der Waals surface area contributed by atoms with E-state index < -0.39 is 0 Å². The summed E-state index contributed by atoms with van der Waals surface area (Å²) in [5.41, 5.74) is 3.78. The molecule has 0 N–H and O–H groups in total. The summed E-state index contributed by atoms with van der Waals surface area (Å²) >= 11 is 0. The molecule has 3 heteroatoms. The van der Waals surface area contributed by atoms with Gasteiger partial charge >= 0.3 is 5.97 Å². The van der Waals surface area contributed by atoms with Crippen LogP contribution in [0.1, 0.15) is 55.7 Å². The van der Waals surface area contributed by atoms with Crippen molar-refractivity contribution in [2.75, 3.05) is 6.61 Å². The molecule has 0 saturated heterocycles. The highest BCUT2D eigenvalue weighted by molar-refractivity contribution is 5.69. The number of unbranched alkanes of at least 4 members (excludes halogenated alkanes) is 3. The summed E-state index contributed by atoms with van der Waals surface area (Å²) in [6.07, 6.45) is 5.90. The fourth-order valence-electron chi connectivity index (χ4n) is 2.91. The first kappa shape index (κ1) is 20.0. The molecule has 0 bridgehead atoms. The molecule has 2 rings (SSSR count). The van der Waals surface area contributed by atoms with Gasteiger partial charge in [-0.2, -0.15) is 0 Å². The third kappa shape index (κ3) is 7.73. The molecule has 2 aromatic carbocycles. The van der Waals surface area contributed by atoms with Crippen molar-refractivity contribution in [2.45, 2.75) is 59.0 Å². The van der Waals surface area contributed by atoms with Crippen LogP contribution in [0.25, 0.3) is 0 Å². The minimum Gasteiger partial charge on any atom is -0.489 e. The number of esters is 1. The SMILES string of the molecule is CCOC(=O)CCCCCCc1ccc(OCc2cccc(C)c2)cc1. The number of hydrogen-bond donors (Lipinski definition) is 0. The molecule has 0 saturated carbocycles. The predicted molar refractivity (Wildman–Crippen MR) is 105 cm³/mol. The Morgan fingerprint density at radius 3 is 2.42 bits per heavy atom. The summed E-state index contributed by atoms with van der Waals surface area (Å²) in [5, 5.41) is 0. The van der Waals surface area contributed by atoms with Gasteiger partial charge in [-0.1, -0.05) is 54.8 Å². The van der Waals surface area contributed by atoms with E-state index in [9.17, 15) is 4.79 Å². The Morgan fingerprint density at radius 2 is 1.69 bits per heavy atom. The summed E-state index contributed by atoms with van der Waals surface area (Å²) in [6.45, 7) is 5.01. The Hall–Kier alpha value is -2.29. The maximum Gasteiger partial charge on any atom is 0.305 e. The summed E-state index contributed by atoms with van der Waals surface area (Å²) in [7, 11) is 0. The van der Waals surface area contributed by atoms with Crippen molar-refractivity contribution in [2.24, 2.45) is 0 Å². The molecular formula is C23H30O3. The summed E-state index contributed by atoms with van der Waals surface area (Å²) in [5.74, 6) is 0.832. The van der Waals surface area contributed by atoms with E-state index in [0.29, 0.717) is 19.6 Å². The van der Waals surface area contributed by atoms with E-state index in [1.165, 1.54) is 16.7 Å². The molecule has 0 aliphatic rings. The lowest BCUT2D eigenvalue weighted by Gasteiger charge is -2.08. The second-order valence-corrected chi connectivity index (χ2v) is 6.64. The van der Waals surface area contributed by atoms with E-state index in [2.05, 4.69) is 43.3 Å². The summed E-state index contributed by atoms with van der Waals surface area (Å²) in [4.78, 5) is 11.3. The molecular weight excluding hydrogens is 324 g/mol. The van der Waals surface area contributed by atoms with Crippen LogP contribution in [0, 0.1) is 6.92 Å². The van der Waals surface area contributed by atoms with Crippen molar-refractivity contribution in [1.29, 1.82) is 0 Å². The normalized spacial score (nSPS) is 10.5. The average molecular weight is 354 g/mol. The molecule has 140 valence electrons. The van der Waals surface area contributed by atoms with Crippen LogP contribution in [0.2, 0.25) is 0 Å². The second-order valence-electron chi connectivity index (χ2n) is 6.64. The Balaban J connectivity index is 1.62. The Kier molecular flexibility index (Phi) is 8.74. The molecule has 0 heterocycles. The first-order chi connectivity index (χ1) is 12.7. The Labute approximate surface area is 157 Å². The van der Waals surface area contributed by atoms with Crippen molar-refractivity contribution in [3.63, 3.8) is 0 Å². The van der Waals surface area contributed by atoms with E-state index in [1.54, 1.807) is 0 Å². The molecule has 0 atom stereocenters. The fraction of sp³-hybridized carbons (Fsp3) is 0.435. The lowest BCUT2D eigenvalue weighted by Crippen LogP contribution is -2.03. The molecule has 0 aliphatic heterocycles. The molecule has 0 spiro atoms. The minimum atomic E-state index is -0.0752. The zero-order chi connectivity index (χ0) is 18.6. The number of ether oxygens (including phenoxy) is 2. The fourth-order valence-corrected chi connectivity index (χ4v) is 2.91. The van der Waals surface area contributed by atoms with Crippen molar-refractivity contribution >= 4 is 5.97 Å². The van der Waals surface area contributed by atoms with Crippen molar-refractivity contribution in [3.8, 4) is 5.75 Å². The van der Waals surface area contributed by atoms with Gasteiger partial charge < -0.3 is 9.47 Å². The number of carbonyl (C=O) groups is 1.